The van der Waals surface area contributed by atoms with Crippen LogP contribution in [0.5, 0.6) is 0 Å². The molecule has 0 aromatic heterocycles. The Kier molecular flexibility index (Phi) is 8.01. The van der Waals surface area contributed by atoms with Crippen molar-refractivity contribution in [3.8, 4) is 0 Å². The van der Waals surface area contributed by atoms with Gasteiger partial charge in [0.15, 0.2) is 0 Å². The van der Waals surface area contributed by atoms with Crippen LogP contribution in [0.15, 0.2) is 0 Å². The molecule has 2 N–H and O–H groups in total. The first-order chi connectivity index (χ1) is 5.72. The number of aliphatic hydroxyl groups is 1. The highest BCUT2D eigenvalue weighted by Crippen LogP contribution is 1.96. The summed E-state index contributed by atoms with van der Waals surface area (Å²) in [6.45, 7) is 6.73. The van der Waals surface area contributed by atoms with Crippen LogP contribution in [0.25, 0.3) is 0 Å². The van der Waals surface area contributed by atoms with Gasteiger partial charge in [-0.3, -0.25) is 9.62 Å². The molecule has 0 radical (unpaired) electrons. The monoisotopic (exact) mass is 192 g/mol. The molecule has 0 bridgehead atoms. The zero-order valence-corrected chi connectivity index (χ0v) is 9.02. The van der Waals surface area contributed by atoms with Gasteiger partial charge >= 0.3 is 0 Å². The fraction of sp³-hybridized carbons (Fsp3) is 1.00. The number of nitrogens with zero attached hydrogens (tertiary/aromatic N) is 1. The van der Waals surface area contributed by atoms with Crippen LogP contribution in [-0.4, -0.2) is 42.1 Å². The second-order valence-electron chi connectivity index (χ2n) is 2.77. The molecular weight excluding hydrogens is 172 g/mol. The summed E-state index contributed by atoms with van der Waals surface area (Å²) in [6.07, 6.45) is 2.77. The molecule has 0 aromatic rings. The lowest BCUT2D eigenvalue weighted by atomic mass is 10.4. The van der Waals surface area contributed by atoms with Gasteiger partial charge in [-0.1, -0.05) is 18.9 Å². The van der Waals surface area contributed by atoms with Crippen molar-refractivity contribution in [1.29, 1.82) is 0 Å². The minimum absolute atomic E-state index is 0.325. The van der Waals surface area contributed by atoms with Crippen molar-refractivity contribution in [3.05, 3.63) is 0 Å². The highest BCUT2D eigenvalue weighted by atomic mass is 32.2. The van der Waals surface area contributed by atoms with Crippen LogP contribution in [0, 0.1) is 0 Å². The Hall–Kier alpha value is 0.230. The Balaban J connectivity index is 3.49. The summed E-state index contributed by atoms with van der Waals surface area (Å²) in [7, 11) is 0. The van der Waals surface area contributed by atoms with Gasteiger partial charge in [0, 0.05) is 19.6 Å². The summed E-state index contributed by atoms with van der Waals surface area (Å²) in [5, 5.41) is 9.33. The molecule has 0 heterocycles. The molecule has 0 amide bonds. The summed E-state index contributed by atoms with van der Waals surface area (Å²) in [5.41, 5.74) is 0. The maximum Gasteiger partial charge on any atom is 0.104 e. The first-order valence-electron chi connectivity index (χ1n) is 4.40. The Morgan fingerprint density at radius 2 is 2.17 bits per heavy atom. The van der Waals surface area contributed by atoms with Gasteiger partial charge in [-0.25, -0.2) is 0 Å². The zero-order chi connectivity index (χ0) is 9.40. The topological polar surface area (TPSA) is 35.5 Å². The molecule has 3 nitrogen and oxygen atoms in total. The second-order valence-corrected chi connectivity index (χ2v) is 3.46. The van der Waals surface area contributed by atoms with Crippen molar-refractivity contribution < 1.29 is 5.11 Å². The third kappa shape index (κ3) is 5.83. The average Bonchev–Trinajstić information content (AvgIpc) is 2.03. The van der Waals surface area contributed by atoms with Gasteiger partial charge in [0.25, 0.3) is 0 Å². The second kappa shape index (κ2) is 7.86. The Morgan fingerprint density at radius 1 is 1.50 bits per heavy atom. The van der Waals surface area contributed by atoms with Gasteiger partial charge in [0.05, 0.1) is 0 Å². The van der Waals surface area contributed by atoms with Gasteiger partial charge in [0.2, 0.25) is 0 Å². The third-order valence-corrected chi connectivity index (χ3v) is 2.18. The fourth-order valence-corrected chi connectivity index (χ4v) is 1.36. The molecular formula is C8H20N2OS. The first kappa shape index (κ1) is 12.2. The molecule has 0 spiro atoms. The van der Waals surface area contributed by atoms with E-state index in [4.69, 9.17) is 0 Å². The summed E-state index contributed by atoms with van der Waals surface area (Å²) in [5.74, 6) is 0. The molecule has 0 aliphatic carbocycles. The van der Waals surface area contributed by atoms with Crippen LogP contribution in [0.4, 0.5) is 0 Å². The van der Waals surface area contributed by atoms with Crippen LogP contribution in [0.3, 0.4) is 0 Å². The average molecular weight is 192 g/mol. The minimum Gasteiger partial charge on any atom is -0.379 e. The minimum atomic E-state index is -0.325. The summed E-state index contributed by atoms with van der Waals surface area (Å²) in [6, 6.07) is 0. The number of nitrogens with one attached hydrogen (secondary N) is 1. The maximum atomic E-state index is 9.33. The van der Waals surface area contributed by atoms with Crippen LogP contribution in [0.2, 0.25) is 0 Å². The Morgan fingerprint density at radius 3 is 2.58 bits per heavy atom. The largest absolute Gasteiger partial charge is 0.379 e. The van der Waals surface area contributed by atoms with E-state index < -0.39 is 0 Å². The van der Waals surface area contributed by atoms with Gasteiger partial charge in [-0.05, 0) is 19.6 Å². The third-order valence-electron chi connectivity index (χ3n) is 1.68. The van der Waals surface area contributed by atoms with E-state index in [1.807, 2.05) is 13.2 Å². The lowest BCUT2D eigenvalue weighted by Gasteiger charge is -2.24. The molecule has 74 valence electrons. The van der Waals surface area contributed by atoms with Crippen molar-refractivity contribution in [2.24, 2.45) is 0 Å². The molecule has 0 rings (SSSR count). The number of aliphatic hydroxyl groups excluding tert-OH is 1. The Labute approximate surface area is 79.7 Å². The Bertz CT molecular complexity index is 101. The summed E-state index contributed by atoms with van der Waals surface area (Å²) < 4.78 is 3.16. The van der Waals surface area contributed by atoms with Crippen LogP contribution in [0.1, 0.15) is 20.3 Å². The van der Waals surface area contributed by atoms with Crippen LogP contribution >= 0.6 is 11.9 Å². The van der Waals surface area contributed by atoms with Crippen molar-refractivity contribution in [2.75, 3.05) is 25.9 Å². The lowest BCUT2D eigenvalue weighted by molar-refractivity contribution is 0.0205. The molecule has 0 aromatic carbocycles. The van der Waals surface area contributed by atoms with Gasteiger partial charge in [-0.2, -0.15) is 0 Å². The van der Waals surface area contributed by atoms with Gasteiger partial charge in [0.1, 0.15) is 6.23 Å². The molecule has 12 heavy (non-hydrogen) atoms. The summed E-state index contributed by atoms with van der Waals surface area (Å²) in [4.78, 5) is 2.06. The smallest absolute Gasteiger partial charge is 0.104 e. The van der Waals surface area contributed by atoms with E-state index in [-0.39, 0.29) is 6.23 Å². The predicted octanol–water partition coefficient (Wildman–Crippen LogP) is 0.904. The molecule has 0 saturated heterocycles. The van der Waals surface area contributed by atoms with E-state index in [1.165, 1.54) is 0 Å². The number of rotatable bonds is 7. The molecule has 0 aliphatic heterocycles. The number of hydrogen-bond acceptors (Lipinski definition) is 4. The predicted molar refractivity (Wildman–Crippen MR) is 55.1 cm³/mol. The van der Waals surface area contributed by atoms with Crippen molar-refractivity contribution in [1.82, 2.24) is 9.62 Å². The molecule has 0 fully saturated rings. The standard InChI is InChI=1S/C8H20N2OS/c1-4-6-10(8(2)11)7-5-9-12-3/h8-9,11H,4-7H2,1-3H3. The normalized spacial score (nSPS) is 13.8. The quantitative estimate of drug-likeness (QED) is 0.357. The number of hydrogen-bond donors (Lipinski definition) is 2. The molecule has 4 heteroatoms. The molecule has 0 aliphatic rings. The van der Waals surface area contributed by atoms with E-state index in [9.17, 15) is 5.11 Å². The highest BCUT2D eigenvalue weighted by Gasteiger charge is 2.07. The first-order valence-corrected chi connectivity index (χ1v) is 5.62. The van der Waals surface area contributed by atoms with E-state index >= 15 is 0 Å². The van der Waals surface area contributed by atoms with E-state index in [0.29, 0.717) is 0 Å². The van der Waals surface area contributed by atoms with E-state index in [0.717, 1.165) is 26.1 Å². The van der Waals surface area contributed by atoms with Crippen molar-refractivity contribution in [2.45, 2.75) is 26.5 Å². The van der Waals surface area contributed by atoms with E-state index in [2.05, 4.69) is 16.5 Å². The van der Waals surface area contributed by atoms with Crippen molar-refractivity contribution >= 4 is 11.9 Å². The van der Waals surface area contributed by atoms with Crippen molar-refractivity contribution in [3.63, 3.8) is 0 Å². The van der Waals surface area contributed by atoms with E-state index in [1.54, 1.807) is 11.9 Å². The highest BCUT2D eigenvalue weighted by molar-refractivity contribution is 7.96. The lowest BCUT2D eigenvalue weighted by Crippen LogP contribution is -2.37. The van der Waals surface area contributed by atoms with Gasteiger partial charge < -0.3 is 5.11 Å². The zero-order valence-electron chi connectivity index (χ0n) is 8.21. The van der Waals surface area contributed by atoms with Gasteiger partial charge in [-0.15, -0.1) is 0 Å². The van der Waals surface area contributed by atoms with Crippen LogP contribution in [-0.2, 0) is 0 Å². The molecule has 1 atom stereocenters. The SMILES string of the molecule is CCCN(CCNSC)C(C)O. The molecule has 1 unspecified atom stereocenters. The fourth-order valence-electron chi connectivity index (χ4n) is 1.06. The summed E-state index contributed by atoms with van der Waals surface area (Å²) >= 11 is 1.62. The van der Waals surface area contributed by atoms with Crippen LogP contribution < -0.4 is 4.72 Å². The molecule has 0 saturated carbocycles. The maximum absolute atomic E-state index is 9.33.